The molecular formula is C14H17F2N3O. The minimum atomic E-state index is -0.622. The van der Waals surface area contributed by atoms with Crippen molar-refractivity contribution in [2.45, 2.75) is 38.6 Å². The summed E-state index contributed by atoms with van der Waals surface area (Å²) in [7, 11) is 0. The molecule has 108 valence electrons. The minimum absolute atomic E-state index is 0.207. The molecule has 2 rings (SSSR count). The number of hydrogen-bond donors (Lipinski definition) is 1. The average Bonchev–Trinajstić information content (AvgIpc) is 2.83. The molecule has 0 aliphatic carbocycles. The van der Waals surface area contributed by atoms with Gasteiger partial charge in [-0.1, -0.05) is 24.9 Å². The molecule has 0 fully saturated rings. The maximum Gasteiger partial charge on any atom is 0.243 e. The molecule has 4 nitrogen and oxygen atoms in total. The van der Waals surface area contributed by atoms with Gasteiger partial charge in [0.1, 0.15) is 11.6 Å². The second-order valence-corrected chi connectivity index (χ2v) is 4.75. The van der Waals surface area contributed by atoms with Crippen molar-refractivity contribution in [1.82, 2.24) is 10.1 Å². The number of aromatic nitrogens is 2. The SMILES string of the molecule is CCCC[C@H](N)c1nc(Cc2cc(F)cc(F)c2)no1. The Kier molecular flexibility index (Phi) is 4.79. The summed E-state index contributed by atoms with van der Waals surface area (Å²) in [5.41, 5.74) is 6.38. The lowest BCUT2D eigenvalue weighted by Gasteiger charge is -2.03. The van der Waals surface area contributed by atoms with E-state index in [4.69, 9.17) is 10.3 Å². The van der Waals surface area contributed by atoms with Crippen molar-refractivity contribution in [1.29, 1.82) is 0 Å². The van der Waals surface area contributed by atoms with Crippen LogP contribution < -0.4 is 5.73 Å². The normalized spacial score (nSPS) is 12.6. The second kappa shape index (κ2) is 6.56. The summed E-state index contributed by atoms with van der Waals surface area (Å²) in [6, 6.07) is 3.03. The Morgan fingerprint density at radius 3 is 2.60 bits per heavy atom. The van der Waals surface area contributed by atoms with Crippen LogP contribution in [0.15, 0.2) is 22.7 Å². The summed E-state index contributed by atoms with van der Waals surface area (Å²) in [5.74, 6) is -0.506. The predicted molar refractivity (Wildman–Crippen MR) is 69.9 cm³/mol. The van der Waals surface area contributed by atoms with Gasteiger partial charge >= 0.3 is 0 Å². The summed E-state index contributed by atoms with van der Waals surface area (Å²) in [6.07, 6.45) is 3.00. The van der Waals surface area contributed by atoms with Crippen LogP contribution in [0, 0.1) is 11.6 Å². The molecule has 0 saturated heterocycles. The zero-order valence-electron chi connectivity index (χ0n) is 11.3. The average molecular weight is 281 g/mol. The molecule has 0 spiro atoms. The second-order valence-electron chi connectivity index (χ2n) is 4.75. The van der Waals surface area contributed by atoms with Crippen molar-refractivity contribution in [3.05, 3.63) is 47.1 Å². The Balaban J connectivity index is 2.05. The van der Waals surface area contributed by atoms with Crippen molar-refractivity contribution in [3.63, 3.8) is 0 Å². The third kappa shape index (κ3) is 3.84. The van der Waals surface area contributed by atoms with Gasteiger partial charge in [0.15, 0.2) is 5.82 Å². The van der Waals surface area contributed by atoms with Crippen molar-refractivity contribution >= 4 is 0 Å². The van der Waals surface area contributed by atoms with Crippen LogP contribution in [0.4, 0.5) is 8.78 Å². The zero-order chi connectivity index (χ0) is 14.5. The van der Waals surface area contributed by atoms with E-state index in [1.165, 1.54) is 12.1 Å². The van der Waals surface area contributed by atoms with Crippen LogP contribution in [-0.4, -0.2) is 10.1 Å². The highest BCUT2D eigenvalue weighted by Crippen LogP contribution is 2.16. The molecule has 0 aliphatic heterocycles. The molecule has 1 heterocycles. The van der Waals surface area contributed by atoms with E-state index in [0.717, 1.165) is 25.3 Å². The summed E-state index contributed by atoms with van der Waals surface area (Å²) in [6.45, 7) is 2.07. The van der Waals surface area contributed by atoms with Gasteiger partial charge in [0.2, 0.25) is 5.89 Å². The van der Waals surface area contributed by atoms with Crippen LogP contribution >= 0.6 is 0 Å². The first kappa shape index (κ1) is 14.6. The highest BCUT2D eigenvalue weighted by atomic mass is 19.1. The Labute approximate surface area is 116 Å². The first-order valence-corrected chi connectivity index (χ1v) is 6.61. The molecule has 2 aromatic rings. The number of halogens is 2. The van der Waals surface area contributed by atoms with Crippen molar-refractivity contribution < 1.29 is 13.3 Å². The first-order chi connectivity index (χ1) is 9.58. The maximum absolute atomic E-state index is 13.1. The molecule has 2 N–H and O–H groups in total. The topological polar surface area (TPSA) is 64.9 Å². The first-order valence-electron chi connectivity index (χ1n) is 6.61. The largest absolute Gasteiger partial charge is 0.338 e. The molecule has 0 saturated carbocycles. The van der Waals surface area contributed by atoms with Gasteiger partial charge in [0.25, 0.3) is 0 Å². The van der Waals surface area contributed by atoms with E-state index in [0.29, 0.717) is 17.3 Å². The smallest absolute Gasteiger partial charge is 0.243 e. The third-order valence-electron chi connectivity index (χ3n) is 2.95. The fourth-order valence-electron chi connectivity index (χ4n) is 1.93. The summed E-state index contributed by atoms with van der Waals surface area (Å²) in [4.78, 5) is 4.17. The van der Waals surface area contributed by atoms with E-state index in [1.807, 2.05) is 0 Å². The number of benzene rings is 1. The van der Waals surface area contributed by atoms with Gasteiger partial charge < -0.3 is 10.3 Å². The van der Waals surface area contributed by atoms with Gasteiger partial charge in [-0.2, -0.15) is 4.98 Å². The lowest BCUT2D eigenvalue weighted by Crippen LogP contribution is -2.10. The molecular weight excluding hydrogens is 264 g/mol. The van der Waals surface area contributed by atoms with Gasteiger partial charge in [-0.25, -0.2) is 8.78 Å². The molecule has 0 amide bonds. The monoisotopic (exact) mass is 281 g/mol. The molecule has 0 unspecified atom stereocenters. The molecule has 0 aliphatic rings. The Hall–Kier alpha value is -1.82. The van der Waals surface area contributed by atoms with Gasteiger partial charge in [0, 0.05) is 12.5 Å². The third-order valence-corrected chi connectivity index (χ3v) is 2.95. The van der Waals surface area contributed by atoms with E-state index in [-0.39, 0.29) is 12.5 Å². The molecule has 1 aromatic carbocycles. The van der Waals surface area contributed by atoms with E-state index >= 15 is 0 Å². The molecule has 0 radical (unpaired) electrons. The highest BCUT2D eigenvalue weighted by molar-refractivity contribution is 5.21. The number of rotatable bonds is 6. The van der Waals surface area contributed by atoms with E-state index in [1.54, 1.807) is 0 Å². The van der Waals surface area contributed by atoms with Gasteiger partial charge in [-0.3, -0.25) is 0 Å². The molecule has 1 atom stereocenters. The lowest BCUT2D eigenvalue weighted by atomic mass is 10.1. The fourth-order valence-corrected chi connectivity index (χ4v) is 1.93. The lowest BCUT2D eigenvalue weighted by molar-refractivity contribution is 0.343. The van der Waals surface area contributed by atoms with Gasteiger partial charge in [0.05, 0.1) is 6.04 Å². The van der Waals surface area contributed by atoms with Crippen LogP contribution in [0.25, 0.3) is 0 Å². The van der Waals surface area contributed by atoms with Crippen LogP contribution in [-0.2, 0) is 6.42 Å². The zero-order valence-corrected chi connectivity index (χ0v) is 11.3. The summed E-state index contributed by atoms with van der Waals surface area (Å²) < 4.78 is 31.2. The fraction of sp³-hybridized carbons (Fsp3) is 0.429. The maximum atomic E-state index is 13.1. The Morgan fingerprint density at radius 2 is 1.95 bits per heavy atom. The van der Waals surface area contributed by atoms with Crippen LogP contribution in [0.2, 0.25) is 0 Å². The number of nitrogens with zero attached hydrogens (tertiary/aromatic N) is 2. The van der Waals surface area contributed by atoms with Gasteiger partial charge in [-0.05, 0) is 24.1 Å². The standard InChI is InChI=1S/C14H17F2N3O/c1-2-3-4-12(17)14-18-13(19-20-14)7-9-5-10(15)8-11(16)6-9/h5-6,8,12H,2-4,7,17H2,1H3/t12-/m0/s1. The highest BCUT2D eigenvalue weighted by Gasteiger charge is 2.14. The van der Waals surface area contributed by atoms with Crippen molar-refractivity contribution in [2.75, 3.05) is 0 Å². The predicted octanol–water partition coefficient (Wildman–Crippen LogP) is 3.13. The van der Waals surface area contributed by atoms with Crippen LogP contribution in [0.1, 0.15) is 49.5 Å². The minimum Gasteiger partial charge on any atom is -0.338 e. The Morgan fingerprint density at radius 1 is 1.25 bits per heavy atom. The van der Waals surface area contributed by atoms with Crippen LogP contribution in [0.3, 0.4) is 0 Å². The van der Waals surface area contributed by atoms with Crippen molar-refractivity contribution in [2.24, 2.45) is 5.73 Å². The number of hydrogen-bond acceptors (Lipinski definition) is 4. The molecule has 0 bridgehead atoms. The summed E-state index contributed by atoms with van der Waals surface area (Å²) in [5, 5.41) is 3.79. The quantitative estimate of drug-likeness (QED) is 0.883. The van der Waals surface area contributed by atoms with E-state index in [9.17, 15) is 8.78 Å². The molecule has 6 heteroatoms. The van der Waals surface area contributed by atoms with Crippen molar-refractivity contribution in [3.8, 4) is 0 Å². The summed E-state index contributed by atoms with van der Waals surface area (Å²) >= 11 is 0. The van der Waals surface area contributed by atoms with Gasteiger partial charge in [-0.15, -0.1) is 0 Å². The van der Waals surface area contributed by atoms with E-state index < -0.39 is 11.6 Å². The Bertz CT molecular complexity index is 551. The molecule has 20 heavy (non-hydrogen) atoms. The molecule has 1 aromatic heterocycles. The van der Waals surface area contributed by atoms with Crippen LogP contribution in [0.5, 0.6) is 0 Å². The van der Waals surface area contributed by atoms with E-state index in [2.05, 4.69) is 17.1 Å². The number of unbranched alkanes of at least 4 members (excludes halogenated alkanes) is 1. The number of nitrogens with two attached hydrogens (primary N) is 1.